The Morgan fingerprint density at radius 2 is 2.39 bits per heavy atom. The fourth-order valence-electron chi connectivity index (χ4n) is 1.50. The summed E-state index contributed by atoms with van der Waals surface area (Å²) in [5.41, 5.74) is 1.70. The maximum Gasteiger partial charge on any atom is 0.226 e. The number of amides is 1. The molecule has 0 fully saturated rings. The van der Waals surface area contributed by atoms with E-state index in [1.165, 1.54) is 0 Å². The molecule has 0 radical (unpaired) electrons. The predicted octanol–water partition coefficient (Wildman–Crippen LogP) is 2.38. The van der Waals surface area contributed by atoms with Crippen molar-refractivity contribution in [2.45, 2.75) is 19.9 Å². The van der Waals surface area contributed by atoms with Crippen LogP contribution < -0.4 is 5.32 Å². The molecule has 2 aromatic heterocycles. The second-order valence-corrected chi connectivity index (χ2v) is 4.68. The molecule has 0 bridgehead atoms. The van der Waals surface area contributed by atoms with Crippen LogP contribution in [0.4, 0.5) is 5.69 Å². The van der Waals surface area contributed by atoms with Gasteiger partial charge in [0.1, 0.15) is 4.60 Å². The third-order valence-electron chi connectivity index (χ3n) is 2.45. The van der Waals surface area contributed by atoms with Crippen LogP contribution in [0.3, 0.4) is 0 Å². The first-order valence-corrected chi connectivity index (χ1v) is 6.32. The van der Waals surface area contributed by atoms with Crippen molar-refractivity contribution in [3.63, 3.8) is 0 Å². The lowest BCUT2D eigenvalue weighted by molar-refractivity contribution is -0.116. The van der Waals surface area contributed by atoms with E-state index in [1.54, 1.807) is 18.7 Å². The van der Waals surface area contributed by atoms with E-state index >= 15 is 0 Å². The van der Waals surface area contributed by atoms with Crippen LogP contribution in [-0.4, -0.2) is 20.4 Å². The number of hydrogen-bond donors (Lipinski definition) is 1. The summed E-state index contributed by atoms with van der Waals surface area (Å²) in [5.74, 6) is -0.0350. The molecule has 2 heterocycles. The Morgan fingerprint density at radius 3 is 3.06 bits per heavy atom. The number of carbonyl (C=O) groups is 1. The summed E-state index contributed by atoms with van der Waals surface area (Å²) < 4.78 is 2.66. The highest BCUT2D eigenvalue weighted by Crippen LogP contribution is 2.16. The van der Waals surface area contributed by atoms with E-state index in [9.17, 15) is 4.79 Å². The highest BCUT2D eigenvalue weighted by atomic mass is 79.9. The molecule has 5 nitrogen and oxygen atoms in total. The number of imidazole rings is 1. The van der Waals surface area contributed by atoms with Crippen LogP contribution in [0.5, 0.6) is 0 Å². The number of carbonyl (C=O) groups excluding carboxylic acids is 1. The first kappa shape index (κ1) is 12.8. The van der Waals surface area contributed by atoms with Gasteiger partial charge in [-0.25, -0.2) is 9.97 Å². The molecule has 0 aromatic carbocycles. The van der Waals surface area contributed by atoms with Gasteiger partial charge in [0.05, 0.1) is 18.2 Å². The predicted molar refractivity (Wildman–Crippen MR) is 72.1 cm³/mol. The standard InChI is InChI=1S/C12H13BrN4O/c1-9-6-10(7-15-12(9)13)16-11(18)2-4-17-5-3-14-8-17/h3,5-8H,2,4H2,1H3,(H,16,18). The molecule has 6 heteroatoms. The van der Waals surface area contributed by atoms with Gasteiger partial charge in [0.2, 0.25) is 5.91 Å². The first-order chi connectivity index (χ1) is 8.65. The topological polar surface area (TPSA) is 59.8 Å². The van der Waals surface area contributed by atoms with E-state index in [1.807, 2.05) is 23.8 Å². The van der Waals surface area contributed by atoms with Gasteiger partial charge in [-0.15, -0.1) is 0 Å². The molecule has 0 saturated heterocycles. The Balaban J connectivity index is 1.88. The van der Waals surface area contributed by atoms with Crippen molar-refractivity contribution in [1.29, 1.82) is 0 Å². The van der Waals surface area contributed by atoms with Crippen molar-refractivity contribution in [2.75, 3.05) is 5.32 Å². The maximum absolute atomic E-state index is 11.7. The lowest BCUT2D eigenvalue weighted by Crippen LogP contribution is -2.14. The minimum atomic E-state index is -0.0350. The van der Waals surface area contributed by atoms with Gasteiger partial charge in [-0.05, 0) is 34.5 Å². The van der Waals surface area contributed by atoms with Gasteiger partial charge in [-0.3, -0.25) is 4.79 Å². The Labute approximate surface area is 113 Å². The molecule has 0 aliphatic rings. The lowest BCUT2D eigenvalue weighted by atomic mass is 10.3. The van der Waals surface area contributed by atoms with Crippen LogP contribution in [0, 0.1) is 6.92 Å². The number of pyridine rings is 1. The highest BCUT2D eigenvalue weighted by Gasteiger charge is 2.04. The number of anilines is 1. The molecule has 0 aliphatic heterocycles. The van der Waals surface area contributed by atoms with Crippen molar-refractivity contribution in [2.24, 2.45) is 0 Å². The smallest absolute Gasteiger partial charge is 0.226 e. The fourth-order valence-corrected chi connectivity index (χ4v) is 1.72. The Bertz CT molecular complexity index is 539. The second-order valence-electron chi connectivity index (χ2n) is 3.93. The number of aryl methyl sites for hydroxylation is 2. The molecule has 1 amide bonds. The summed E-state index contributed by atoms with van der Waals surface area (Å²) >= 11 is 3.32. The Hall–Kier alpha value is -1.69. The van der Waals surface area contributed by atoms with Crippen LogP contribution in [0.15, 0.2) is 35.6 Å². The summed E-state index contributed by atoms with van der Waals surface area (Å²) in [6.45, 7) is 2.55. The molecular weight excluding hydrogens is 296 g/mol. The van der Waals surface area contributed by atoms with Gasteiger partial charge in [0.15, 0.2) is 0 Å². The normalized spacial score (nSPS) is 10.3. The molecule has 0 aliphatic carbocycles. The lowest BCUT2D eigenvalue weighted by Gasteiger charge is -2.06. The molecule has 0 saturated carbocycles. The summed E-state index contributed by atoms with van der Waals surface area (Å²) in [5, 5.41) is 2.82. The third-order valence-corrected chi connectivity index (χ3v) is 3.28. The minimum absolute atomic E-state index is 0.0350. The van der Waals surface area contributed by atoms with Gasteiger partial charge >= 0.3 is 0 Å². The van der Waals surface area contributed by atoms with Crippen molar-refractivity contribution < 1.29 is 4.79 Å². The average molecular weight is 309 g/mol. The van der Waals surface area contributed by atoms with E-state index in [4.69, 9.17) is 0 Å². The van der Waals surface area contributed by atoms with Crippen LogP contribution in [-0.2, 0) is 11.3 Å². The Morgan fingerprint density at radius 1 is 1.56 bits per heavy atom. The van der Waals surface area contributed by atoms with Gasteiger partial charge in [0.25, 0.3) is 0 Å². The van der Waals surface area contributed by atoms with E-state index < -0.39 is 0 Å². The molecule has 2 aromatic rings. The molecule has 18 heavy (non-hydrogen) atoms. The first-order valence-electron chi connectivity index (χ1n) is 5.53. The zero-order valence-electron chi connectivity index (χ0n) is 9.93. The molecule has 0 atom stereocenters. The number of hydrogen-bond acceptors (Lipinski definition) is 3. The second kappa shape index (κ2) is 5.77. The number of nitrogens with zero attached hydrogens (tertiary/aromatic N) is 3. The highest BCUT2D eigenvalue weighted by molar-refractivity contribution is 9.10. The molecule has 94 valence electrons. The summed E-state index contributed by atoms with van der Waals surface area (Å²) in [7, 11) is 0. The van der Waals surface area contributed by atoms with E-state index in [0.717, 1.165) is 10.2 Å². The third kappa shape index (κ3) is 3.40. The SMILES string of the molecule is Cc1cc(NC(=O)CCn2ccnc2)cnc1Br. The van der Waals surface area contributed by atoms with Gasteiger partial charge < -0.3 is 9.88 Å². The average Bonchev–Trinajstić information content (AvgIpc) is 2.84. The summed E-state index contributed by atoms with van der Waals surface area (Å²) in [6, 6.07) is 1.88. The van der Waals surface area contributed by atoms with Crippen LogP contribution in [0.2, 0.25) is 0 Å². The largest absolute Gasteiger partial charge is 0.337 e. The number of halogens is 1. The van der Waals surface area contributed by atoms with Crippen molar-refractivity contribution in [3.05, 3.63) is 41.2 Å². The van der Waals surface area contributed by atoms with Crippen LogP contribution >= 0.6 is 15.9 Å². The molecule has 0 unspecified atom stereocenters. The van der Waals surface area contributed by atoms with E-state index in [2.05, 4.69) is 31.2 Å². The number of nitrogens with one attached hydrogen (secondary N) is 1. The number of aromatic nitrogens is 3. The quantitative estimate of drug-likeness (QED) is 0.882. The van der Waals surface area contributed by atoms with Gasteiger partial charge in [-0.2, -0.15) is 0 Å². The molecule has 2 rings (SSSR count). The fraction of sp³-hybridized carbons (Fsp3) is 0.250. The van der Waals surface area contributed by atoms with Crippen LogP contribution in [0.1, 0.15) is 12.0 Å². The zero-order chi connectivity index (χ0) is 13.0. The van der Waals surface area contributed by atoms with Crippen LogP contribution in [0.25, 0.3) is 0 Å². The molecule has 1 N–H and O–H groups in total. The number of rotatable bonds is 4. The summed E-state index contributed by atoms with van der Waals surface area (Å²) in [4.78, 5) is 19.8. The maximum atomic E-state index is 11.7. The van der Waals surface area contributed by atoms with Crippen molar-refractivity contribution >= 4 is 27.5 Å². The molecule has 0 spiro atoms. The summed E-state index contributed by atoms with van der Waals surface area (Å²) in [6.07, 6.45) is 7.26. The van der Waals surface area contributed by atoms with E-state index in [-0.39, 0.29) is 5.91 Å². The minimum Gasteiger partial charge on any atom is -0.337 e. The molecular formula is C12H13BrN4O. The van der Waals surface area contributed by atoms with Gasteiger partial charge in [0, 0.05) is 25.4 Å². The monoisotopic (exact) mass is 308 g/mol. The van der Waals surface area contributed by atoms with Crippen molar-refractivity contribution in [1.82, 2.24) is 14.5 Å². The van der Waals surface area contributed by atoms with Gasteiger partial charge in [-0.1, -0.05) is 0 Å². The van der Waals surface area contributed by atoms with Crippen molar-refractivity contribution in [3.8, 4) is 0 Å². The zero-order valence-corrected chi connectivity index (χ0v) is 11.5. The van der Waals surface area contributed by atoms with E-state index in [0.29, 0.717) is 18.7 Å². The Kier molecular flexibility index (Phi) is 4.09.